The van der Waals surface area contributed by atoms with E-state index < -0.39 is 0 Å². The minimum Gasteiger partial charge on any atom is -0.330 e. The van der Waals surface area contributed by atoms with Gasteiger partial charge < -0.3 is 10.3 Å². The number of fused-ring (bicyclic) bond motifs is 1. The second-order valence-corrected chi connectivity index (χ2v) is 4.55. The smallest absolute Gasteiger partial charge is 0.330 e. The Hall–Kier alpha value is -1.89. The van der Waals surface area contributed by atoms with E-state index in [9.17, 15) is 9.59 Å². The predicted octanol–water partition coefficient (Wildman–Crippen LogP) is -0.655. The summed E-state index contributed by atoms with van der Waals surface area (Å²) in [6.45, 7) is 2.75. The van der Waals surface area contributed by atoms with Gasteiger partial charge in [-0.3, -0.25) is 13.9 Å². The molecule has 19 heavy (non-hydrogen) atoms. The monoisotopic (exact) mass is 265 g/mol. The molecule has 0 atom stereocenters. The molecular formula is C12H19N5O2. The van der Waals surface area contributed by atoms with Gasteiger partial charge in [0.1, 0.15) is 5.82 Å². The van der Waals surface area contributed by atoms with E-state index in [0.717, 1.165) is 5.82 Å². The molecule has 104 valence electrons. The Morgan fingerprint density at radius 3 is 2.47 bits per heavy atom. The zero-order valence-corrected chi connectivity index (χ0v) is 11.5. The first-order chi connectivity index (χ1) is 9.02. The van der Waals surface area contributed by atoms with Crippen molar-refractivity contribution in [3.8, 4) is 0 Å². The van der Waals surface area contributed by atoms with Gasteiger partial charge in [-0.1, -0.05) is 6.92 Å². The van der Waals surface area contributed by atoms with E-state index in [1.54, 1.807) is 18.7 Å². The largest absolute Gasteiger partial charge is 0.332 e. The average Bonchev–Trinajstić information content (AvgIpc) is 2.73. The van der Waals surface area contributed by atoms with Crippen LogP contribution >= 0.6 is 0 Å². The maximum Gasteiger partial charge on any atom is 0.332 e. The molecular weight excluding hydrogens is 246 g/mol. The molecule has 2 rings (SSSR count). The van der Waals surface area contributed by atoms with Crippen LogP contribution in [0.1, 0.15) is 19.2 Å². The molecule has 2 heterocycles. The van der Waals surface area contributed by atoms with E-state index in [4.69, 9.17) is 5.73 Å². The zero-order chi connectivity index (χ0) is 14.2. The number of hydrogen-bond acceptors (Lipinski definition) is 4. The molecule has 2 aromatic rings. The van der Waals surface area contributed by atoms with Crippen LogP contribution in [-0.4, -0.2) is 25.2 Å². The molecule has 0 amide bonds. The summed E-state index contributed by atoms with van der Waals surface area (Å²) in [5.74, 6) is 0.790. The Balaban J connectivity index is 2.83. The van der Waals surface area contributed by atoms with E-state index in [2.05, 4.69) is 4.98 Å². The fraction of sp³-hybridized carbons (Fsp3) is 0.583. The highest BCUT2D eigenvalue weighted by Gasteiger charge is 2.17. The highest BCUT2D eigenvalue weighted by atomic mass is 16.2. The van der Waals surface area contributed by atoms with Gasteiger partial charge in [0.2, 0.25) is 0 Å². The van der Waals surface area contributed by atoms with Gasteiger partial charge >= 0.3 is 5.69 Å². The van der Waals surface area contributed by atoms with Crippen LogP contribution in [0.2, 0.25) is 0 Å². The third kappa shape index (κ3) is 1.99. The number of imidazole rings is 1. The highest BCUT2D eigenvalue weighted by molar-refractivity contribution is 5.70. The first-order valence-electron chi connectivity index (χ1n) is 6.38. The molecule has 0 fully saturated rings. The van der Waals surface area contributed by atoms with E-state index in [1.807, 2.05) is 6.92 Å². The average molecular weight is 265 g/mol. The second-order valence-electron chi connectivity index (χ2n) is 4.55. The first kappa shape index (κ1) is 13.5. The van der Waals surface area contributed by atoms with E-state index >= 15 is 0 Å². The van der Waals surface area contributed by atoms with Crippen LogP contribution in [0.3, 0.4) is 0 Å². The Labute approximate surface area is 110 Å². The van der Waals surface area contributed by atoms with Crippen LogP contribution in [0.4, 0.5) is 0 Å². The normalized spacial score (nSPS) is 11.4. The molecule has 0 aromatic carbocycles. The molecule has 0 unspecified atom stereocenters. The van der Waals surface area contributed by atoms with Crippen molar-refractivity contribution in [3.63, 3.8) is 0 Å². The van der Waals surface area contributed by atoms with Crippen LogP contribution in [0.15, 0.2) is 9.59 Å². The summed E-state index contributed by atoms with van der Waals surface area (Å²) in [5, 5.41) is 0. The van der Waals surface area contributed by atoms with Gasteiger partial charge in [-0.05, 0) is 13.0 Å². The highest BCUT2D eigenvalue weighted by Crippen LogP contribution is 2.09. The molecule has 0 radical (unpaired) electrons. The number of aryl methyl sites for hydroxylation is 3. The molecule has 0 bridgehead atoms. The summed E-state index contributed by atoms with van der Waals surface area (Å²) in [4.78, 5) is 28.9. The van der Waals surface area contributed by atoms with Gasteiger partial charge in [0, 0.05) is 27.1 Å². The number of rotatable bonds is 4. The van der Waals surface area contributed by atoms with Gasteiger partial charge in [-0.2, -0.15) is 0 Å². The standard InChI is InChI=1S/C12H19N5O2/c1-4-8-14-10-9(15(8)2)11(18)17(7-5-6-13)12(19)16(10)3/h4-7,13H2,1-3H3. The zero-order valence-electron chi connectivity index (χ0n) is 11.5. The van der Waals surface area contributed by atoms with Crippen LogP contribution in [0, 0.1) is 0 Å². The Morgan fingerprint density at radius 1 is 1.21 bits per heavy atom. The molecule has 7 nitrogen and oxygen atoms in total. The van der Waals surface area contributed by atoms with Gasteiger partial charge in [0.05, 0.1) is 0 Å². The van der Waals surface area contributed by atoms with Gasteiger partial charge in [0.15, 0.2) is 11.2 Å². The Bertz CT molecular complexity index is 722. The van der Waals surface area contributed by atoms with Crippen molar-refractivity contribution in [3.05, 3.63) is 26.7 Å². The van der Waals surface area contributed by atoms with Crippen molar-refractivity contribution in [1.29, 1.82) is 0 Å². The molecule has 7 heteroatoms. The number of nitrogens with zero attached hydrogens (tertiary/aromatic N) is 4. The molecule has 0 aliphatic carbocycles. The molecule has 0 saturated heterocycles. The Morgan fingerprint density at radius 2 is 1.89 bits per heavy atom. The van der Waals surface area contributed by atoms with E-state index in [-0.39, 0.29) is 11.2 Å². The molecule has 0 aliphatic heterocycles. The van der Waals surface area contributed by atoms with Crippen molar-refractivity contribution < 1.29 is 0 Å². The minimum absolute atomic E-state index is 0.291. The topological polar surface area (TPSA) is 87.8 Å². The summed E-state index contributed by atoms with van der Waals surface area (Å²) < 4.78 is 4.42. The minimum atomic E-state index is -0.341. The maximum absolute atomic E-state index is 12.4. The van der Waals surface area contributed by atoms with Crippen molar-refractivity contribution in [1.82, 2.24) is 18.7 Å². The molecule has 2 aromatic heterocycles. The molecule has 0 saturated carbocycles. The lowest BCUT2D eigenvalue weighted by molar-refractivity contribution is 0.577. The maximum atomic E-state index is 12.4. The predicted molar refractivity (Wildman–Crippen MR) is 73.3 cm³/mol. The molecule has 2 N–H and O–H groups in total. The van der Waals surface area contributed by atoms with Crippen molar-refractivity contribution in [2.75, 3.05) is 6.54 Å². The summed E-state index contributed by atoms with van der Waals surface area (Å²) in [6, 6.07) is 0. The van der Waals surface area contributed by atoms with Crippen molar-refractivity contribution >= 4 is 11.2 Å². The number of nitrogens with two attached hydrogens (primary N) is 1. The van der Waals surface area contributed by atoms with Gasteiger partial charge in [-0.15, -0.1) is 0 Å². The first-order valence-corrected chi connectivity index (χ1v) is 6.38. The third-order valence-corrected chi connectivity index (χ3v) is 3.35. The summed E-state index contributed by atoms with van der Waals surface area (Å²) >= 11 is 0. The second kappa shape index (κ2) is 5.00. The lowest BCUT2D eigenvalue weighted by Crippen LogP contribution is -2.40. The lowest BCUT2D eigenvalue weighted by atomic mass is 10.4. The summed E-state index contributed by atoms with van der Waals surface area (Å²) in [6.07, 6.45) is 1.31. The van der Waals surface area contributed by atoms with E-state index in [0.29, 0.717) is 37.1 Å². The van der Waals surface area contributed by atoms with Crippen LogP contribution < -0.4 is 17.0 Å². The molecule has 0 aliphatic rings. The number of aromatic nitrogens is 4. The van der Waals surface area contributed by atoms with Crippen molar-refractivity contribution in [2.45, 2.75) is 26.3 Å². The Kier molecular flexibility index (Phi) is 3.57. The third-order valence-electron chi connectivity index (χ3n) is 3.35. The quantitative estimate of drug-likeness (QED) is 0.795. The summed E-state index contributed by atoms with van der Waals surface area (Å²) in [5.41, 5.74) is 5.72. The fourth-order valence-corrected chi connectivity index (χ4v) is 2.25. The summed E-state index contributed by atoms with van der Waals surface area (Å²) in [7, 11) is 3.43. The van der Waals surface area contributed by atoms with Crippen LogP contribution in [0.25, 0.3) is 11.2 Å². The number of hydrogen-bond donors (Lipinski definition) is 1. The van der Waals surface area contributed by atoms with Gasteiger partial charge in [0.25, 0.3) is 5.56 Å². The SMILES string of the molecule is CCc1nc2c(c(=O)n(CCCN)c(=O)n2C)n1C. The van der Waals surface area contributed by atoms with Crippen molar-refractivity contribution in [2.24, 2.45) is 19.8 Å². The van der Waals surface area contributed by atoms with Crippen LogP contribution in [0.5, 0.6) is 0 Å². The molecule has 0 spiro atoms. The van der Waals surface area contributed by atoms with E-state index in [1.165, 1.54) is 9.13 Å². The fourth-order valence-electron chi connectivity index (χ4n) is 2.25. The van der Waals surface area contributed by atoms with Crippen LogP contribution in [-0.2, 0) is 27.1 Å². The lowest BCUT2D eigenvalue weighted by Gasteiger charge is -2.07. The van der Waals surface area contributed by atoms with Gasteiger partial charge in [-0.25, -0.2) is 9.78 Å².